The lowest BCUT2D eigenvalue weighted by Crippen LogP contribution is -2.40. The van der Waals surface area contributed by atoms with Crippen molar-refractivity contribution in [3.05, 3.63) is 33.1 Å². The summed E-state index contributed by atoms with van der Waals surface area (Å²) in [5.74, 6) is 0.634. The number of hydrogen-bond donors (Lipinski definition) is 0. The molecule has 1 heterocycles. The van der Waals surface area contributed by atoms with Crippen LogP contribution < -0.4 is 0 Å². The van der Waals surface area contributed by atoms with Crippen LogP contribution in [0.15, 0.2) is 18.2 Å². The van der Waals surface area contributed by atoms with Gasteiger partial charge in [-0.1, -0.05) is 0 Å². The smallest absolute Gasteiger partial charge is 0.254 e. The SMILES string of the molecule is O=C(c1ccc(F)cc1I)N1CCCC(CCl)C1. The third kappa shape index (κ3) is 3.15. The molecule has 1 unspecified atom stereocenters. The van der Waals surface area contributed by atoms with E-state index in [-0.39, 0.29) is 11.7 Å². The van der Waals surface area contributed by atoms with E-state index in [0.29, 0.717) is 27.5 Å². The van der Waals surface area contributed by atoms with Crippen molar-refractivity contribution < 1.29 is 9.18 Å². The summed E-state index contributed by atoms with van der Waals surface area (Å²) in [6.45, 7) is 1.47. The molecule has 0 spiro atoms. The summed E-state index contributed by atoms with van der Waals surface area (Å²) in [4.78, 5) is 14.2. The van der Waals surface area contributed by atoms with Crippen molar-refractivity contribution in [3.63, 3.8) is 0 Å². The van der Waals surface area contributed by atoms with Crippen molar-refractivity contribution in [3.8, 4) is 0 Å². The lowest BCUT2D eigenvalue weighted by Gasteiger charge is -2.32. The average molecular weight is 382 g/mol. The highest BCUT2D eigenvalue weighted by molar-refractivity contribution is 14.1. The lowest BCUT2D eigenvalue weighted by molar-refractivity contribution is 0.0683. The number of amides is 1. The Bertz CT molecular complexity index is 455. The van der Waals surface area contributed by atoms with Crippen LogP contribution >= 0.6 is 34.2 Å². The Labute approximate surface area is 125 Å². The quantitative estimate of drug-likeness (QED) is 0.567. The number of piperidine rings is 1. The van der Waals surface area contributed by atoms with Crippen LogP contribution in [0.3, 0.4) is 0 Å². The van der Waals surface area contributed by atoms with E-state index in [1.165, 1.54) is 12.1 Å². The summed E-state index contributed by atoms with van der Waals surface area (Å²) < 4.78 is 13.7. The largest absolute Gasteiger partial charge is 0.338 e. The highest BCUT2D eigenvalue weighted by Gasteiger charge is 2.25. The molecule has 98 valence electrons. The first-order chi connectivity index (χ1) is 8.61. The zero-order valence-electron chi connectivity index (χ0n) is 9.83. The maximum absolute atomic E-state index is 13.0. The van der Waals surface area contributed by atoms with Gasteiger partial charge in [-0.25, -0.2) is 4.39 Å². The highest BCUT2D eigenvalue weighted by Crippen LogP contribution is 2.22. The molecular weight excluding hydrogens is 368 g/mol. The predicted molar refractivity (Wildman–Crippen MR) is 78.5 cm³/mol. The van der Waals surface area contributed by atoms with E-state index < -0.39 is 0 Å². The van der Waals surface area contributed by atoms with Crippen LogP contribution in [0.4, 0.5) is 4.39 Å². The summed E-state index contributed by atoms with van der Waals surface area (Å²) in [5.41, 5.74) is 0.576. The van der Waals surface area contributed by atoms with Crippen LogP contribution in [0.1, 0.15) is 23.2 Å². The third-order valence-electron chi connectivity index (χ3n) is 3.19. The van der Waals surface area contributed by atoms with Crippen molar-refractivity contribution in [2.75, 3.05) is 19.0 Å². The molecule has 1 aliphatic rings. The molecule has 5 heteroatoms. The van der Waals surface area contributed by atoms with Gasteiger partial charge in [-0.2, -0.15) is 0 Å². The normalized spacial score (nSPS) is 19.9. The molecule has 1 fully saturated rings. The molecule has 0 aliphatic carbocycles. The van der Waals surface area contributed by atoms with Gasteiger partial charge in [-0.05, 0) is 59.5 Å². The van der Waals surface area contributed by atoms with Crippen LogP contribution in [0.2, 0.25) is 0 Å². The van der Waals surface area contributed by atoms with Crippen LogP contribution in [0, 0.1) is 15.3 Å². The van der Waals surface area contributed by atoms with Gasteiger partial charge in [0.25, 0.3) is 5.91 Å². The second-order valence-electron chi connectivity index (χ2n) is 4.54. The Balaban J connectivity index is 2.15. The van der Waals surface area contributed by atoms with Gasteiger partial charge in [-0.3, -0.25) is 4.79 Å². The molecule has 1 aromatic carbocycles. The Morgan fingerprint density at radius 1 is 1.56 bits per heavy atom. The minimum absolute atomic E-state index is 0.0192. The van der Waals surface area contributed by atoms with Gasteiger partial charge in [0.1, 0.15) is 5.82 Å². The van der Waals surface area contributed by atoms with Gasteiger partial charge in [0.05, 0.1) is 5.56 Å². The molecular formula is C13H14ClFINO. The zero-order valence-corrected chi connectivity index (χ0v) is 12.7. The maximum Gasteiger partial charge on any atom is 0.254 e. The predicted octanol–water partition coefficient (Wildman–Crippen LogP) is 3.52. The number of halogens is 3. The number of carbonyl (C=O) groups is 1. The molecule has 2 nitrogen and oxygen atoms in total. The molecule has 2 rings (SSSR count). The van der Waals surface area contributed by atoms with Crippen molar-refractivity contribution in [2.45, 2.75) is 12.8 Å². The summed E-state index contributed by atoms with van der Waals surface area (Å²) in [5, 5.41) is 0. The molecule has 1 aromatic rings. The number of rotatable bonds is 2. The summed E-state index contributed by atoms with van der Waals surface area (Å²) in [7, 11) is 0. The van der Waals surface area contributed by atoms with E-state index >= 15 is 0 Å². The van der Waals surface area contributed by atoms with E-state index in [4.69, 9.17) is 11.6 Å². The Morgan fingerprint density at radius 3 is 3.00 bits per heavy atom. The van der Waals surface area contributed by atoms with Gasteiger partial charge in [-0.15, -0.1) is 11.6 Å². The van der Waals surface area contributed by atoms with E-state index in [2.05, 4.69) is 0 Å². The van der Waals surface area contributed by atoms with Crippen LogP contribution in [-0.2, 0) is 0 Å². The summed E-state index contributed by atoms with van der Waals surface area (Å²) in [6.07, 6.45) is 2.06. The van der Waals surface area contributed by atoms with Gasteiger partial charge < -0.3 is 4.90 Å². The van der Waals surface area contributed by atoms with Crippen LogP contribution in [0.25, 0.3) is 0 Å². The fraction of sp³-hybridized carbons (Fsp3) is 0.462. The fourth-order valence-corrected chi connectivity index (χ4v) is 3.17. The fourth-order valence-electron chi connectivity index (χ4n) is 2.21. The number of alkyl halides is 1. The zero-order chi connectivity index (χ0) is 13.1. The molecule has 1 atom stereocenters. The maximum atomic E-state index is 13.0. The molecule has 0 N–H and O–H groups in total. The van der Waals surface area contributed by atoms with E-state index in [1.54, 1.807) is 6.07 Å². The van der Waals surface area contributed by atoms with E-state index in [9.17, 15) is 9.18 Å². The molecule has 0 radical (unpaired) electrons. The molecule has 1 amide bonds. The molecule has 0 saturated carbocycles. The van der Waals surface area contributed by atoms with Gasteiger partial charge in [0.15, 0.2) is 0 Å². The number of likely N-dealkylation sites (tertiary alicyclic amines) is 1. The standard InChI is InChI=1S/C13H14ClFINO/c14-7-9-2-1-5-17(8-9)13(18)11-4-3-10(15)6-12(11)16/h3-4,6,9H,1-2,5,7-8H2. The minimum atomic E-state index is -0.312. The van der Waals surface area contributed by atoms with Crippen molar-refractivity contribution in [2.24, 2.45) is 5.92 Å². The van der Waals surface area contributed by atoms with Crippen molar-refractivity contribution in [1.29, 1.82) is 0 Å². The number of nitrogens with zero attached hydrogens (tertiary/aromatic N) is 1. The number of benzene rings is 1. The Hall–Kier alpha value is -0.360. The van der Waals surface area contributed by atoms with E-state index in [0.717, 1.165) is 19.4 Å². The van der Waals surface area contributed by atoms with Crippen molar-refractivity contribution in [1.82, 2.24) is 4.90 Å². The van der Waals surface area contributed by atoms with E-state index in [1.807, 2.05) is 27.5 Å². The minimum Gasteiger partial charge on any atom is -0.338 e. The first-order valence-electron chi connectivity index (χ1n) is 5.92. The highest BCUT2D eigenvalue weighted by atomic mass is 127. The summed E-state index contributed by atoms with van der Waals surface area (Å²) in [6, 6.07) is 4.28. The monoisotopic (exact) mass is 381 g/mol. The third-order valence-corrected chi connectivity index (χ3v) is 4.51. The topological polar surface area (TPSA) is 20.3 Å². The summed E-state index contributed by atoms with van der Waals surface area (Å²) >= 11 is 7.86. The average Bonchev–Trinajstić information content (AvgIpc) is 2.38. The number of hydrogen-bond acceptors (Lipinski definition) is 1. The molecule has 1 aliphatic heterocycles. The molecule has 0 bridgehead atoms. The first kappa shape index (κ1) is 14.1. The van der Waals surface area contributed by atoms with Gasteiger partial charge >= 0.3 is 0 Å². The van der Waals surface area contributed by atoms with Crippen molar-refractivity contribution >= 4 is 40.1 Å². The molecule has 1 saturated heterocycles. The van der Waals surface area contributed by atoms with Gasteiger partial charge in [0.2, 0.25) is 0 Å². The van der Waals surface area contributed by atoms with Crippen LogP contribution in [-0.4, -0.2) is 29.8 Å². The second kappa shape index (κ2) is 6.19. The molecule has 0 aromatic heterocycles. The second-order valence-corrected chi connectivity index (χ2v) is 6.01. The molecule has 18 heavy (non-hydrogen) atoms. The number of carbonyl (C=O) groups excluding carboxylic acids is 1. The van der Waals surface area contributed by atoms with Crippen LogP contribution in [0.5, 0.6) is 0 Å². The first-order valence-corrected chi connectivity index (χ1v) is 7.53. The lowest BCUT2D eigenvalue weighted by atomic mass is 9.99. The Morgan fingerprint density at radius 2 is 2.33 bits per heavy atom. The van der Waals surface area contributed by atoms with Gasteiger partial charge in [0, 0.05) is 22.5 Å². The Kier molecular flexibility index (Phi) is 4.84.